The van der Waals surface area contributed by atoms with Gasteiger partial charge in [-0.3, -0.25) is 0 Å². The van der Waals surface area contributed by atoms with Crippen LogP contribution in [0.15, 0.2) is 23.1 Å². The summed E-state index contributed by atoms with van der Waals surface area (Å²) in [7, 11) is 5.35. The molecule has 0 spiro atoms. The van der Waals surface area contributed by atoms with Crippen molar-refractivity contribution < 1.29 is 9.47 Å². The van der Waals surface area contributed by atoms with E-state index in [0.717, 1.165) is 22.9 Å². The molecule has 0 aliphatic heterocycles. The van der Waals surface area contributed by atoms with Crippen LogP contribution in [0.3, 0.4) is 0 Å². The quantitative estimate of drug-likeness (QED) is 0.771. The van der Waals surface area contributed by atoms with Crippen molar-refractivity contribution in [2.75, 3.05) is 27.8 Å². The summed E-state index contributed by atoms with van der Waals surface area (Å²) in [6.07, 6.45) is 0. The van der Waals surface area contributed by atoms with E-state index in [-0.39, 0.29) is 0 Å². The van der Waals surface area contributed by atoms with E-state index in [4.69, 9.17) is 9.47 Å². The number of hydrogen-bond donors (Lipinski definition) is 1. The first-order chi connectivity index (χ1) is 8.62. The van der Waals surface area contributed by atoms with Gasteiger partial charge in [-0.05, 0) is 25.1 Å². The van der Waals surface area contributed by atoms with Crippen LogP contribution in [0.25, 0.3) is 0 Å². The van der Waals surface area contributed by atoms with Crippen LogP contribution in [0.4, 0.5) is 0 Å². The van der Waals surface area contributed by atoms with E-state index in [1.54, 1.807) is 14.2 Å². The number of nitrogens with one attached hydrogen (secondary N) is 1. The van der Waals surface area contributed by atoms with Crippen LogP contribution in [-0.2, 0) is 0 Å². The summed E-state index contributed by atoms with van der Waals surface area (Å²) in [5, 5.41) is 3.77. The number of rotatable bonds is 7. The van der Waals surface area contributed by atoms with Crippen molar-refractivity contribution in [3.8, 4) is 11.5 Å². The molecule has 1 atom stereocenters. The maximum Gasteiger partial charge on any atom is 0.136 e. The fraction of sp³-hybridized carbons (Fsp3) is 0.571. The van der Waals surface area contributed by atoms with E-state index < -0.39 is 0 Å². The molecule has 0 fully saturated rings. The van der Waals surface area contributed by atoms with Crippen LogP contribution >= 0.6 is 11.8 Å². The third-order valence-corrected chi connectivity index (χ3v) is 4.40. The van der Waals surface area contributed by atoms with Crippen LogP contribution < -0.4 is 14.8 Å². The van der Waals surface area contributed by atoms with Crippen LogP contribution in [0.2, 0.25) is 0 Å². The molecule has 0 amide bonds. The summed E-state index contributed by atoms with van der Waals surface area (Å²) in [5.74, 6) is 2.31. The maximum absolute atomic E-state index is 5.43. The van der Waals surface area contributed by atoms with E-state index in [1.807, 2.05) is 30.9 Å². The van der Waals surface area contributed by atoms with Crippen LogP contribution in [0.1, 0.15) is 13.8 Å². The van der Waals surface area contributed by atoms with Crippen molar-refractivity contribution in [1.82, 2.24) is 5.32 Å². The second kappa shape index (κ2) is 7.54. The Labute approximate surface area is 114 Å². The highest BCUT2D eigenvalue weighted by Gasteiger charge is 2.16. The third kappa shape index (κ3) is 4.10. The zero-order chi connectivity index (χ0) is 13.5. The number of benzene rings is 1. The summed E-state index contributed by atoms with van der Waals surface area (Å²) in [5.41, 5.74) is 0. The molecule has 4 heteroatoms. The van der Waals surface area contributed by atoms with Gasteiger partial charge >= 0.3 is 0 Å². The molecule has 18 heavy (non-hydrogen) atoms. The Balaban J connectivity index is 2.87. The van der Waals surface area contributed by atoms with Crippen molar-refractivity contribution in [3.63, 3.8) is 0 Å². The third-order valence-electron chi connectivity index (χ3n) is 2.80. The molecule has 3 nitrogen and oxygen atoms in total. The Morgan fingerprint density at radius 1 is 1.22 bits per heavy atom. The number of methoxy groups -OCH3 is 2. The normalized spacial score (nSPS) is 12.6. The van der Waals surface area contributed by atoms with Gasteiger partial charge in [0.15, 0.2) is 0 Å². The largest absolute Gasteiger partial charge is 0.497 e. The van der Waals surface area contributed by atoms with Crippen LogP contribution in [-0.4, -0.2) is 33.1 Å². The van der Waals surface area contributed by atoms with Gasteiger partial charge in [0.1, 0.15) is 11.5 Å². The molecule has 1 N–H and O–H groups in total. The van der Waals surface area contributed by atoms with Crippen LogP contribution in [0, 0.1) is 5.92 Å². The lowest BCUT2D eigenvalue weighted by atomic mass is 10.1. The fourth-order valence-electron chi connectivity index (χ4n) is 1.65. The molecule has 1 rings (SSSR count). The molecule has 0 saturated carbocycles. The maximum atomic E-state index is 5.43. The molecule has 0 saturated heterocycles. The molecular weight excluding hydrogens is 246 g/mol. The molecule has 1 unspecified atom stereocenters. The topological polar surface area (TPSA) is 30.5 Å². The van der Waals surface area contributed by atoms with Gasteiger partial charge in [-0.15, -0.1) is 11.8 Å². The van der Waals surface area contributed by atoms with Gasteiger partial charge in [-0.25, -0.2) is 0 Å². The summed E-state index contributed by atoms with van der Waals surface area (Å²) < 4.78 is 10.6. The second-order valence-corrected chi connectivity index (χ2v) is 5.76. The zero-order valence-electron chi connectivity index (χ0n) is 11.8. The second-order valence-electron chi connectivity index (χ2n) is 4.47. The monoisotopic (exact) mass is 269 g/mol. The van der Waals surface area contributed by atoms with Gasteiger partial charge in [0, 0.05) is 22.8 Å². The first-order valence-electron chi connectivity index (χ1n) is 6.15. The van der Waals surface area contributed by atoms with Gasteiger partial charge < -0.3 is 14.8 Å². The van der Waals surface area contributed by atoms with Gasteiger partial charge in [0.25, 0.3) is 0 Å². The minimum atomic E-state index is 0.525. The average molecular weight is 269 g/mol. The van der Waals surface area contributed by atoms with Gasteiger partial charge in [0.2, 0.25) is 0 Å². The highest BCUT2D eigenvalue weighted by molar-refractivity contribution is 8.00. The Morgan fingerprint density at radius 3 is 2.44 bits per heavy atom. The van der Waals surface area contributed by atoms with E-state index in [1.165, 1.54) is 0 Å². The molecule has 0 bridgehead atoms. The van der Waals surface area contributed by atoms with Gasteiger partial charge in [-0.2, -0.15) is 0 Å². The SMILES string of the molecule is CNCC(Sc1ccc(OC)cc1OC)C(C)C. The average Bonchev–Trinajstić information content (AvgIpc) is 2.38. The van der Waals surface area contributed by atoms with Crippen molar-refractivity contribution >= 4 is 11.8 Å². The molecule has 0 aliphatic rings. The standard InChI is InChI=1S/C14H23NO2S/c1-10(2)14(9-15-3)18-13-7-6-11(16-4)8-12(13)17-5/h6-8,10,14-15H,9H2,1-5H3. The Morgan fingerprint density at radius 2 is 1.94 bits per heavy atom. The lowest BCUT2D eigenvalue weighted by Crippen LogP contribution is -2.25. The lowest BCUT2D eigenvalue weighted by molar-refractivity contribution is 0.387. The number of hydrogen-bond acceptors (Lipinski definition) is 4. The van der Waals surface area contributed by atoms with Crippen molar-refractivity contribution in [3.05, 3.63) is 18.2 Å². The molecular formula is C14H23NO2S. The van der Waals surface area contributed by atoms with Crippen molar-refractivity contribution in [2.45, 2.75) is 24.0 Å². The molecule has 0 aliphatic carbocycles. The van der Waals surface area contributed by atoms with E-state index >= 15 is 0 Å². The van der Waals surface area contributed by atoms with E-state index in [2.05, 4.69) is 25.2 Å². The number of thioether (sulfide) groups is 1. The molecule has 0 heterocycles. The van der Waals surface area contributed by atoms with Gasteiger partial charge in [-0.1, -0.05) is 13.8 Å². The van der Waals surface area contributed by atoms with E-state index in [0.29, 0.717) is 11.2 Å². The summed E-state index contributed by atoms with van der Waals surface area (Å²) in [6, 6.07) is 5.97. The molecule has 1 aromatic carbocycles. The highest BCUT2D eigenvalue weighted by atomic mass is 32.2. The zero-order valence-corrected chi connectivity index (χ0v) is 12.6. The molecule has 0 aromatic heterocycles. The minimum Gasteiger partial charge on any atom is -0.497 e. The minimum absolute atomic E-state index is 0.525. The predicted molar refractivity (Wildman–Crippen MR) is 78.0 cm³/mol. The first-order valence-corrected chi connectivity index (χ1v) is 7.03. The predicted octanol–water partition coefficient (Wildman–Crippen LogP) is 3.04. The van der Waals surface area contributed by atoms with Crippen molar-refractivity contribution in [1.29, 1.82) is 0 Å². The Kier molecular flexibility index (Phi) is 6.36. The number of ether oxygens (including phenoxy) is 2. The summed E-state index contributed by atoms with van der Waals surface area (Å²) in [4.78, 5) is 1.16. The summed E-state index contributed by atoms with van der Waals surface area (Å²) >= 11 is 1.85. The molecule has 1 aromatic rings. The Hall–Kier alpha value is -0.870. The van der Waals surface area contributed by atoms with Crippen molar-refractivity contribution in [2.24, 2.45) is 5.92 Å². The first kappa shape index (κ1) is 15.2. The van der Waals surface area contributed by atoms with E-state index in [9.17, 15) is 0 Å². The molecule has 0 radical (unpaired) electrons. The summed E-state index contributed by atoms with van der Waals surface area (Å²) in [6.45, 7) is 5.47. The lowest BCUT2D eigenvalue weighted by Gasteiger charge is -2.21. The van der Waals surface area contributed by atoms with Gasteiger partial charge in [0.05, 0.1) is 14.2 Å². The molecule has 102 valence electrons. The highest BCUT2D eigenvalue weighted by Crippen LogP contribution is 2.36. The van der Waals surface area contributed by atoms with Crippen LogP contribution in [0.5, 0.6) is 11.5 Å². The Bertz CT molecular complexity index is 369. The fourth-order valence-corrected chi connectivity index (χ4v) is 2.90. The smallest absolute Gasteiger partial charge is 0.136 e.